The molecule has 0 saturated carbocycles. The van der Waals surface area contributed by atoms with Crippen molar-refractivity contribution in [3.63, 3.8) is 0 Å². The summed E-state index contributed by atoms with van der Waals surface area (Å²) in [7, 11) is 5.77. The monoisotopic (exact) mass is 279 g/mol. The molecule has 114 valence electrons. The summed E-state index contributed by atoms with van der Waals surface area (Å²) in [6, 6.07) is 4.07. The lowest BCUT2D eigenvalue weighted by atomic mass is 9.80. The Hall–Kier alpha value is -1.06. The number of aryl methyl sites for hydroxylation is 2. The van der Waals surface area contributed by atoms with Crippen LogP contribution in [0, 0.1) is 13.8 Å². The normalized spacial score (nSPS) is 13.7. The van der Waals surface area contributed by atoms with E-state index in [0.717, 1.165) is 35.3 Å². The second-order valence-electron chi connectivity index (χ2n) is 5.79. The summed E-state index contributed by atoms with van der Waals surface area (Å²) >= 11 is 0. The lowest BCUT2D eigenvalue weighted by Crippen LogP contribution is -2.48. The highest BCUT2D eigenvalue weighted by molar-refractivity contribution is 5.43. The van der Waals surface area contributed by atoms with Gasteiger partial charge < -0.3 is 14.7 Å². The number of aliphatic hydroxyl groups excluding tert-OH is 1. The first kappa shape index (κ1) is 17.0. The Balaban J connectivity index is 3.32. The molecule has 0 aromatic heterocycles. The van der Waals surface area contributed by atoms with Crippen molar-refractivity contribution < 1.29 is 9.84 Å². The number of likely N-dealkylation sites (N-methyl/N-ethyl adjacent to an activating group) is 1. The van der Waals surface area contributed by atoms with Gasteiger partial charge in [-0.1, -0.05) is 13.8 Å². The minimum absolute atomic E-state index is 0.230. The minimum atomic E-state index is -0.503. The van der Waals surface area contributed by atoms with Crippen molar-refractivity contribution in [1.29, 1.82) is 0 Å². The molecule has 0 saturated heterocycles. The van der Waals surface area contributed by atoms with Crippen LogP contribution < -0.4 is 4.74 Å². The zero-order valence-electron chi connectivity index (χ0n) is 13.9. The van der Waals surface area contributed by atoms with Crippen LogP contribution >= 0.6 is 0 Å². The average Bonchev–Trinajstić information content (AvgIpc) is 2.42. The van der Waals surface area contributed by atoms with E-state index in [1.54, 1.807) is 7.11 Å². The molecule has 1 rings (SSSR count). The summed E-state index contributed by atoms with van der Waals surface area (Å²) in [4.78, 5) is 2.15. The fourth-order valence-electron chi connectivity index (χ4n) is 3.13. The van der Waals surface area contributed by atoms with Gasteiger partial charge in [-0.2, -0.15) is 0 Å². The number of hydrogen-bond acceptors (Lipinski definition) is 3. The predicted molar refractivity (Wildman–Crippen MR) is 84.4 cm³/mol. The summed E-state index contributed by atoms with van der Waals surface area (Å²) < 4.78 is 5.35. The molecule has 3 nitrogen and oxygen atoms in total. The topological polar surface area (TPSA) is 32.7 Å². The van der Waals surface area contributed by atoms with Crippen LogP contribution in [0.25, 0.3) is 0 Å². The second-order valence-corrected chi connectivity index (χ2v) is 5.79. The number of nitrogens with zero attached hydrogens (tertiary/aromatic N) is 1. The molecule has 0 aliphatic rings. The Kier molecular flexibility index (Phi) is 5.60. The summed E-state index contributed by atoms with van der Waals surface area (Å²) in [5.41, 5.74) is 2.91. The molecule has 1 atom stereocenters. The maximum absolute atomic E-state index is 11.0. The van der Waals surface area contributed by atoms with Crippen LogP contribution in [0.1, 0.15) is 49.5 Å². The third-order valence-corrected chi connectivity index (χ3v) is 4.70. The SMILES string of the molecule is CCC(CC)(C(O)c1cc(C)c(OC)cc1C)N(C)C. The van der Waals surface area contributed by atoms with Crippen LogP contribution in [0.4, 0.5) is 0 Å². The number of hydrogen-bond donors (Lipinski definition) is 1. The molecular formula is C17H29NO2. The van der Waals surface area contributed by atoms with E-state index < -0.39 is 6.10 Å². The van der Waals surface area contributed by atoms with E-state index in [1.165, 1.54) is 0 Å². The van der Waals surface area contributed by atoms with Gasteiger partial charge in [0, 0.05) is 5.54 Å². The standard InChI is InChI=1S/C17H29NO2/c1-8-17(9-2,18(5)6)16(19)14-10-13(4)15(20-7)11-12(14)3/h10-11,16,19H,8-9H2,1-7H3. The molecule has 1 N–H and O–H groups in total. The molecule has 20 heavy (non-hydrogen) atoms. The second kappa shape index (κ2) is 6.59. The molecule has 0 aliphatic carbocycles. The van der Waals surface area contributed by atoms with E-state index >= 15 is 0 Å². The molecule has 0 bridgehead atoms. The molecule has 0 amide bonds. The summed E-state index contributed by atoms with van der Waals surface area (Å²) in [6.45, 7) is 8.33. The van der Waals surface area contributed by atoms with Crippen LogP contribution in [0.3, 0.4) is 0 Å². The van der Waals surface area contributed by atoms with Gasteiger partial charge >= 0.3 is 0 Å². The number of benzene rings is 1. The van der Waals surface area contributed by atoms with Crippen molar-refractivity contribution in [2.75, 3.05) is 21.2 Å². The highest BCUT2D eigenvalue weighted by Crippen LogP contribution is 2.38. The Morgan fingerprint density at radius 2 is 1.70 bits per heavy atom. The molecule has 1 aromatic rings. The summed E-state index contributed by atoms with van der Waals surface area (Å²) in [6.07, 6.45) is 1.31. The number of methoxy groups -OCH3 is 1. The van der Waals surface area contributed by atoms with E-state index in [2.05, 4.69) is 24.8 Å². The van der Waals surface area contributed by atoms with Crippen molar-refractivity contribution in [3.05, 3.63) is 28.8 Å². The Morgan fingerprint density at radius 1 is 1.15 bits per heavy atom. The number of rotatable bonds is 6. The van der Waals surface area contributed by atoms with Gasteiger partial charge in [0.1, 0.15) is 5.75 Å². The molecular weight excluding hydrogens is 250 g/mol. The van der Waals surface area contributed by atoms with Gasteiger partial charge in [0.2, 0.25) is 0 Å². The van der Waals surface area contributed by atoms with Crippen molar-refractivity contribution in [2.45, 2.75) is 52.2 Å². The number of ether oxygens (including phenoxy) is 1. The van der Waals surface area contributed by atoms with Crippen LogP contribution in [0.15, 0.2) is 12.1 Å². The van der Waals surface area contributed by atoms with Gasteiger partial charge in [0.05, 0.1) is 13.2 Å². The molecule has 0 heterocycles. The first-order chi connectivity index (χ1) is 9.33. The van der Waals surface area contributed by atoms with Crippen molar-refractivity contribution in [1.82, 2.24) is 4.90 Å². The highest BCUT2D eigenvalue weighted by atomic mass is 16.5. The Morgan fingerprint density at radius 3 is 2.10 bits per heavy atom. The zero-order valence-corrected chi connectivity index (χ0v) is 13.9. The van der Waals surface area contributed by atoms with Crippen molar-refractivity contribution in [2.24, 2.45) is 0 Å². The van der Waals surface area contributed by atoms with Crippen LogP contribution in [0.5, 0.6) is 5.75 Å². The van der Waals surface area contributed by atoms with E-state index in [9.17, 15) is 5.11 Å². The fourth-order valence-corrected chi connectivity index (χ4v) is 3.13. The zero-order chi connectivity index (χ0) is 15.5. The molecule has 1 aromatic carbocycles. The molecule has 0 spiro atoms. The third kappa shape index (κ3) is 2.84. The van der Waals surface area contributed by atoms with Gasteiger partial charge in [0.25, 0.3) is 0 Å². The maximum atomic E-state index is 11.0. The maximum Gasteiger partial charge on any atom is 0.122 e. The van der Waals surface area contributed by atoms with Crippen molar-refractivity contribution in [3.8, 4) is 5.75 Å². The average molecular weight is 279 g/mol. The van der Waals surface area contributed by atoms with E-state index in [-0.39, 0.29) is 5.54 Å². The highest BCUT2D eigenvalue weighted by Gasteiger charge is 2.38. The molecule has 0 radical (unpaired) electrons. The molecule has 0 fully saturated rings. The first-order valence-electron chi connectivity index (χ1n) is 7.34. The predicted octanol–water partition coefficient (Wildman–Crippen LogP) is 3.47. The quantitative estimate of drug-likeness (QED) is 0.865. The van der Waals surface area contributed by atoms with E-state index in [0.29, 0.717) is 0 Å². The Labute approximate surface area is 123 Å². The number of aliphatic hydroxyl groups is 1. The lowest BCUT2D eigenvalue weighted by molar-refractivity contribution is -0.0153. The summed E-state index contributed by atoms with van der Waals surface area (Å²) in [5, 5.41) is 11.0. The van der Waals surface area contributed by atoms with E-state index in [4.69, 9.17) is 4.74 Å². The Bertz CT molecular complexity index is 451. The molecule has 3 heteroatoms. The third-order valence-electron chi connectivity index (χ3n) is 4.70. The van der Waals surface area contributed by atoms with Gasteiger partial charge in [0.15, 0.2) is 0 Å². The largest absolute Gasteiger partial charge is 0.496 e. The van der Waals surface area contributed by atoms with Gasteiger partial charge in [-0.3, -0.25) is 0 Å². The lowest BCUT2D eigenvalue weighted by Gasteiger charge is -2.43. The molecule has 0 aliphatic heterocycles. The van der Waals surface area contributed by atoms with Gasteiger partial charge in [-0.25, -0.2) is 0 Å². The van der Waals surface area contributed by atoms with Crippen LogP contribution in [-0.4, -0.2) is 36.8 Å². The fraction of sp³-hybridized carbons (Fsp3) is 0.647. The minimum Gasteiger partial charge on any atom is -0.496 e. The molecule has 1 unspecified atom stereocenters. The van der Waals surface area contributed by atoms with Crippen molar-refractivity contribution >= 4 is 0 Å². The van der Waals surface area contributed by atoms with Gasteiger partial charge in [-0.15, -0.1) is 0 Å². The van der Waals surface area contributed by atoms with Gasteiger partial charge in [-0.05, 0) is 69.6 Å². The van der Waals surface area contributed by atoms with Crippen LogP contribution in [-0.2, 0) is 0 Å². The summed E-state index contributed by atoms with van der Waals surface area (Å²) in [5.74, 6) is 0.877. The van der Waals surface area contributed by atoms with Crippen LogP contribution in [0.2, 0.25) is 0 Å². The van der Waals surface area contributed by atoms with E-state index in [1.807, 2.05) is 34.0 Å². The smallest absolute Gasteiger partial charge is 0.122 e. The first-order valence-corrected chi connectivity index (χ1v) is 7.34.